The molecule has 5 rings (SSSR count). The molecule has 1 fully saturated rings. The van der Waals surface area contributed by atoms with Gasteiger partial charge in [-0.3, -0.25) is 14.9 Å². The number of nitrogens with one attached hydrogen (secondary N) is 2. The summed E-state index contributed by atoms with van der Waals surface area (Å²) in [5, 5.41) is 30.1. The lowest BCUT2D eigenvalue weighted by molar-refractivity contribution is -0.144. The third-order valence-electron chi connectivity index (χ3n) is 9.56. The summed E-state index contributed by atoms with van der Waals surface area (Å²) in [6.45, 7) is 10.9. The van der Waals surface area contributed by atoms with Crippen molar-refractivity contribution in [3.8, 4) is 0 Å². The summed E-state index contributed by atoms with van der Waals surface area (Å²) < 4.78 is 0. The molecule has 7 nitrogen and oxygen atoms in total. The van der Waals surface area contributed by atoms with Crippen LogP contribution in [0, 0.1) is 16.7 Å². The van der Waals surface area contributed by atoms with E-state index in [0.717, 1.165) is 27.4 Å². The number of thiophene rings is 1. The van der Waals surface area contributed by atoms with Gasteiger partial charge < -0.3 is 15.5 Å². The van der Waals surface area contributed by atoms with E-state index in [1.807, 2.05) is 48.7 Å². The fraction of sp³-hybridized carbons (Fsp3) is 0.531. The Hall–Kier alpha value is -2.59. The van der Waals surface area contributed by atoms with E-state index in [9.17, 15) is 19.8 Å². The Balaban J connectivity index is 1.43. The molecule has 0 spiro atoms. The first kappa shape index (κ1) is 29.9. The smallest absolute Gasteiger partial charge is 0.257 e. The summed E-state index contributed by atoms with van der Waals surface area (Å²) in [6, 6.07) is 11.6. The second-order valence-electron chi connectivity index (χ2n) is 13.2. The number of aromatic nitrogens is 1. The molecular weight excluding hydrogens is 555 g/mol. The monoisotopic (exact) mass is 595 g/mol. The maximum absolute atomic E-state index is 13.3. The lowest BCUT2D eigenvalue weighted by atomic mass is 9.47. The lowest BCUT2D eigenvalue weighted by Gasteiger charge is -2.58. The standard InChI is InChI=1S/C32H41N3O4S2/c1-30(2,3)20-10-8-19(9-11-20)28(39)35-29-34-27-22(15-26(38)33-17-21-7-6-14-40-21)31(4)13-12-25(37)32(5,18-36)24(31)16-23(27)41-29/h6-11,14,22,24-25,36-37H,12-13,15-18H2,1-5H3,(H,33,38)(H,34,35,39)/t22-,24+,25-,31+,32+/m1/s1. The summed E-state index contributed by atoms with van der Waals surface area (Å²) in [5.41, 5.74) is 1.53. The predicted octanol–water partition coefficient (Wildman–Crippen LogP) is 5.88. The molecule has 4 N–H and O–H groups in total. The number of amides is 2. The van der Waals surface area contributed by atoms with E-state index in [1.165, 1.54) is 11.3 Å². The van der Waals surface area contributed by atoms with E-state index >= 15 is 0 Å². The number of carbonyl (C=O) groups excluding carboxylic acids is 2. The molecule has 9 heteroatoms. The molecule has 2 amide bonds. The van der Waals surface area contributed by atoms with Crippen LogP contribution in [0.15, 0.2) is 41.8 Å². The van der Waals surface area contributed by atoms with Crippen molar-refractivity contribution < 1.29 is 19.8 Å². The van der Waals surface area contributed by atoms with Crippen LogP contribution in [0.2, 0.25) is 0 Å². The Labute approximate surface area is 250 Å². The van der Waals surface area contributed by atoms with Crippen LogP contribution < -0.4 is 10.6 Å². The molecule has 2 aliphatic rings. The van der Waals surface area contributed by atoms with Crippen molar-refractivity contribution in [2.24, 2.45) is 16.7 Å². The van der Waals surface area contributed by atoms with Gasteiger partial charge in [-0.25, -0.2) is 4.98 Å². The molecule has 41 heavy (non-hydrogen) atoms. The second kappa shape index (κ2) is 11.2. The Morgan fingerprint density at radius 1 is 1.15 bits per heavy atom. The minimum absolute atomic E-state index is 0.00201. The molecule has 2 heterocycles. The molecule has 5 atom stereocenters. The van der Waals surface area contributed by atoms with Crippen LogP contribution in [0.3, 0.4) is 0 Å². The van der Waals surface area contributed by atoms with Gasteiger partial charge in [0.15, 0.2) is 5.13 Å². The fourth-order valence-corrected chi connectivity index (χ4v) is 8.55. The van der Waals surface area contributed by atoms with Crippen molar-refractivity contribution in [2.75, 3.05) is 11.9 Å². The summed E-state index contributed by atoms with van der Waals surface area (Å²) in [5.74, 6) is -0.516. The van der Waals surface area contributed by atoms with Gasteiger partial charge in [-0.1, -0.05) is 52.8 Å². The van der Waals surface area contributed by atoms with E-state index < -0.39 is 11.5 Å². The van der Waals surface area contributed by atoms with E-state index in [0.29, 0.717) is 30.1 Å². The highest BCUT2D eigenvalue weighted by Crippen LogP contribution is 2.62. The third-order valence-corrected chi connectivity index (χ3v) is 11.4. The van der Waals surface area contributed by atoms with Crippen LogP contribution >= 0.6 is 22.7 Å². The highest BCUT2D eigenvalue weighted by atomic mass is 32.1. The SMILES string of the molecule is CC(C)(C)c1ccc(C(=O)Nc2nc3c(s2)C[C@@H]2[C@](C)(CO)[C@H](O)CC[C@@]2(C)[C@@H]3CC(=O)NCc2cccs2)cc1. The fourth-order valence-electron chi connectivity index (χ4n) is 6.85. The van der Waals surface area contributed by atoms with Crippen LogP contribution in [-0.2, 0) is 23.2 Å². The number of hydrogen-bond acceptors (Lipinski definition) is 7. The quantitative estimate of drug-likeness (QED) is 0.273. The van der Waals surface area contributed by atoms with Crippen molar-refractivity contribution in [3.63, 3.8) is 0 Å². The van der Waals surface area contributed by atoms with Crippen LogP contribution in [0.4, 0.5) is 5.13 Å². The maximum Gasteiger partial charge on any atom is 0.257 e. The molecule has 3 aromatic rings. The van der Waals surface area contributed by atoms with Crippen LogP contribution in [-0.4, -0.2) is 39.7 Å². The highest BCUT2D eigenvalue weighted by Gasteiger charge is 2.59. The van der Waals surface area contributed by atoms with Gasteiger partial charge in [0, 0.05) is 33.1 Å². The molecule has 2 aliphatic carbocycles. The first-order valence-electron chi connectivity index (χ1n) is 14.3. The number of benzene rings is 1. The van der Waals surface area contributed by atoms with Crippen LogP contribution in [0.25, 0.3) is 0 Å². The number of anilines is 1. The van der Waals surface area contributed by atoms with Crippen molar-refractivity contribution in [2.45, 2.75) is 84.3 Å². The Kier molecular flexibility index (Phi) is 8.20. The molecule has 0 radical (unpaired) electrons. The number of thiazole rings is 1. The minimum Gasteiger partial charge on any atom is -0.396 e. The van der Waals surface area contributed by atoms with Crippen molar-refractivity contribution in [3.05, 3.63) is 68.4 Å². The molecule has 220 valence electrons. The second-order valence-corrected chi connectivity index (χ2v) is 15.3. The molecule has 2 aromatic heterocycles. The summed E-state index contributed by atoms with van der Waals surface area (Å²) in [4.78, 5) is 33.5. The number of fused-ring (bicyclic) bond motifs is 2. The van der Waals surface area contributed by atoms with Gasteiger partial charge >= 0.3 is 0 Å². The van der Waals surface area contributed by atoms with Gasteiger partial charge in [-0.05, 0) is 65.2 Å². The van der Waals surface area contributed by atoms with E-state index in [4.69, 9.17) is 4.98 Å². The molecule has 0 bridgehead atoms. The van der Waals surface area contributed by atoms with Gasteiger partial charge in [0.2, 0.25) is 5.91 Å². The first-order chi connectivity index (χ1) is 19.3. The Morgan fingerprint density at radius 2 is 1.88 bits per heavy atom. The zero-order valence-electron chi connectivity index (χ0n) is 24.5. The third kappa shape index (κ3) is 5.74. The predicted molar refractivity (Wildman–Crippen MR) is 164 cm³/mol. The van der Waals surface area contributed by atoms with E-state index in [2.05, 4.69) is 38.3 Å². The van der Waals surface area contributed by atoms with Crippen LogP contribution in [0.1, 0.15) is 91.2 Å². The van der Waals surface area contributed by atoms with E-state index in [1.54, 1.807) is 11.3 Å². The zero-order valence-corrected chi connectivity index (χ0v) is 26.1. The average Bonchev–Trinajstić information content (AvgIpc) is 3.60. The topological polar surface area (TPSA) is 112 Å². The number of carbonyl (C=O) groups is 2. The number of nitrogens with zero attached hydrogens (tertiary/aromatic N) is 1. The summed E-state index contributed by atoms with van der Waals surface area (Å²) in [6.07, 6.45) is 1.57. The van der Waals surface area contributed by atoms with E-state index in [-0.39, 0.29) is 47.5 Å². The molecule has 0 saturated heterocycles. The molecule has 1 saturated carbocycles. The van der Waals surface area contributed by atoms with Gasteiger partial charge in [0.25, 0.3) is 5.91 Å². The van der Waals surface area contributed by atoms with Crippen molar-refractivity contribution >= 4 is 39.6 Å². The largest absolute Gasteiger partial charge is 0.396 e. The summed E-state index contributed by atoms with van der Waals surface area (Å²) >= 11 is 3.05. The van der Waals surface area contributed by atoms with Crippen molar-refractivity contribution in [1.82, 2.24) is 10.3 Å². The van der Waals surface area contributed by atoms with Crippen molar-refractivity contribution in [1.29, 1.82) is 0 Å². The number of hydrogen-bond donors (Lipinski definition) is 4. The molecule has 0 aliphatic heterocycles. The number of aliphatic hydroxyl groups excluding tert-OH is 2. The Morgan fingerprint density at radius 3 is 2.51 bits per heavy atom. The number of rotatable bonds is 7. The first-order valence-corrected chi connectivity index (χ1v) is 16.0. The minimum atomic E-state index is -0.696. The summed E-state index contributed by atoms with van der Waals surface area (Å²) in [7, 11) is 0. The maximum atomic E-state index is 13.3. The Bertz CT molecular complexity index is 1400. The molecule has 0 unspecified atom stereocenters. The van der Waals surface area contributed by atoms with Gasteiger partial charge in [0.05, 0.1) is 24.9 Å². The average molecular weight is 596 g/mol. The molecule has 1 aromatic carbocycles. The normalized spacial score (nSPS) is 27.5. The highest BCUT2D eigenvalue weighted by molar-refractivity contribution is 7.16. The zero-order chi connectivity index (χ0) is 29.6. The van der Waals surface area contributed by atoms with Crippen LogP contribution in [0.5, 0.6) is 0 Å². The molecular formula is C32H41N3O4S2. The van der Waals surface area contributed by atoms with Gasteiger partial charge in [-0.2, -0.15) is 0 Å². The number of aliphatic hydroxyl groups is 2. The van der Waals surface area contributed by atoms with Gasteiger partial charge in [0.1, 0.15) is 0 Å². The van der Waals surface area contributed by atoms with Gasteiger partial charge in [-0.15, -0.1) is 22.7 Å². The lowest BCUT2D eigenvalue weighted by Crippen LogP contribution is -2.57.